The third-order valence-electron chi connectivity index (χ3n) is 5.20. The molecular formula is C23H22F2N4O3. The van der Waals surface area contributed by atoms with Crippen molar-refractivity contribution >= 4 is 11.7 Å². The Labute approximate surface area is 184 Å². The molecule has 3 aromatic rings. The maximum atomic E-state index is 13.1. The van der Waals surface area contributed by atoms with Crippen LogP contribution in [0.25, 0.3) is 11.4 Å². The Balaban J connectivity index is 1.47. The molecule has 2 aromatic carbocycles. The highest BCUT2D eigenvalue weighted by Crippen LogP contribution is 2.33. The molecule has 2 heterocycles. The van der Waals surface area contributed by atoms with E-state index in [4.69, 9.17) is 4.74 Å². The Morgan fingerprint density at radius 2 is 1.75 bits per heavy atom. The lowest BCUT2D eigenvalue weighted by Gasteiger charge is -2.35. The molecule has 4 rings (SSSR count). The first-order valence-electron chi connectivity index (χ1n) is 10.1. The van der Waals surface area contributed by atoms with Gasteiger partial charge in [-0.05, 0) is 18.2 Å². The number of hydrogen-bond donors (Lipinski definition) is 0. The summed E-state index contributed by atoms with van der Waals surface area (Å²) in [6.45, 7) is -1.15. The van der Waals surface area contributed by atoms with E-state index >= 15 is 0 Å². The SMILES string of the molecule is COc1cccc(C(=O)N2CCN(c3ccnc(-c4ccccc4)n3)CC2)c1OC(F)F. The number of hydrogen-bond acceptors (Lipinski definition) is 6. The van der Waals surface area contributed by atoms with Crippen molar-refractivity contribution in [3.8, 4) is 22.9 Å². The Morgan fingerprint density at radius 3 is 2.44 bits per heavy atom. The predicted octanol–water partition coefficient (Wildman–Crippen LogP) is 3.72. The zero-order valence-corrected chi connectivity index (χ0v) is 17.4. The number of aromatic nitrogens is 2. The Kier molecular flexibility index (Phi) is 6.44. The van der Waals surface area contributed by atoms with E-state index in [1.165, 1.54) is 19.2 Å². The van der Waals surface area contributed by atoms with Crippen molar-refractivity contribution in [1.29, 1.82) is 0 Å². The van der Waals surface area contributed by atoms with Crippen molar-refractivity contribution in [1.82, 2.24) is 14.9 Å². The van der Waals surface area contributed by atoms with E-state index < -0.39 is 6.61 Å². The van der Waals surface area contributed by atoms with Gasteiger partial charge >= 0.3 is 6.61 Å². The molecule has 7 nitrogen and oxygen atoms in total. The molecule has 0 spiro atoms. The van der Waals surface area contributed by atoms with Gasteiger partial charge in [-0.3, -0.25) is 4.79 Å². The average molecular weight is 440 g/mol. The lowest BCUT2D eigenvalue weighted by Crippen LogP contribution is -2.49. The number of para-hydroxylation sites is 1. The summed E-state index contributed by atoms with van der Waals surface area (Å²) in [6.07, 6.45) is 1.71. The summed E-state index contributed by atoms with van der Waals surface area (Å²) < 4.78 is 35.5. The molecule has 0 radical (unpaired) electrons. The molecular weight excluding hydrogens is 418 g/mol. The summed E-state index contributed by atoms with van der Waals surface area (Å²) in [5.41, 5.74) is 0.972. The van der Waals surface area contributed by atoms with Crippen LogP contribution in [0.3, 0.4) is 0 Å². The quantitative estimate of drug-likeness (QED) is 0.582. The molecule has 9 heteroatoms. The molecule has 32 heavy (non-hydrogen) atoms. The van der Waals surface area contributed by atoms with Crippen LogP contribution in [0.5, 0.6) is 11.5 Å². The highest BCUT2D eigenvalue weighted by Gasteiger charge is 2.27. The highest BCUT2D eigenvalue weighted by molar-refractivity contribution is 5.98. The topological polar surface area (TPSA) is 67.8 Å². The number of amides is 1. The van der Waals surface area contributed by atoms with E-state index in [0.29, 0.717) is 32.0 Å². The molecule has 1 fully saturated rings. The fourth-order valence-corrected chi connectivity index (χ4v) is 3.62. The van der Waals surface area contributed by atoms with Crippen LogP contribution in [0.4, 0.5) is 14.6 Å². The minimum Gasteiger partial charge on any atom is -0.493 e. The number of ether oxygens (including phenoxy) is 2. The van der Waals surface area contributed by atoms with Gasteiger partial charge in [0.25, 0.3) is 5.91 Å². The molecule has 0 unspecified atom stereocenters. The summed E-state index contributed by atoms with van der Waals surface area (Å²) in [4.78, 5) is 25.7. The van der Waals surface area contributed by atoms with Gasteiger partial charge in [0.05, 0.1) is 12.7 Å². The van der Waals surface area contributed by atoms with Gasteiger partial charge in [0.1, 0.15) is 5.82 Å². The third kappa shape index (κ3) is 4.61. The lowest BCUT2D eigenvalue weighted by molar-refractivity contribution is -0.0516. The number of methoxy groups -OCH3 is 1. The molecule has 1 aliphatic rings. The van der Waals surface area contributed by atoms with Crippen molar-refractivity contribution in [3.05, 3.63) is 66.4 Å². The van der Waals surface area contributed by atoms with Crippen LogP contribution in [0.15, 0.2) is 60.8 Å². The van der Waals surface area contributed by atoms with E-state index in [2.05, 4.69) is 19.6 Å². The molecule has 0 aliphatic carbocycles. The molecule has 0 atom stereocenters. The number of rotatable bonds is 6. The minimum atomic E-state index is -3.06. The Bertz CT molecular complexity index is 1070. The highest BCUT2D eigenvalue weighted by atomic mass is 19.3. The van der Waals surface area contributed by atoms with Crippen LogP contribution >= 0.6 is 0 Å². The second-order valence-corrected chi connectivity index (χ2v) is 7.10. The maximum Gasteiger partial charge on any atom is 0.387 e. The molecule has 1 aliphatic heterocycles. The summed E-state index contributed by atoms with van der Waals surface area (Å²) in [7, 11) is 1.34. The fraction of sp³-hybridized carbons (Fsp3) is 0.261. The standard InChI is InChI=1S/C23H22F2N4O3/c1-31-18-9-5-8-17(20(18)32-23(24)25)22(30)29-14-12-28(13-15-29)19-10-11-26-21(27-19)16-6-3-2-4-7-16/h2-11,23H,12-15H2,1H3. The summed E-state index contributed by atoms with van der Waals surface area (Å²) in [6, 6.07) is 16.0. The van der Waals surface area contributed by atoms with Crippen LogP contribution in [0, 0.1) is 0 Å². The van der Waals surface area contributed by atoms with Gasteiger partial charge in [-0.15, -0.1) is 0 Å². The summed E-state index contributed by atoms with van der Waals surface area (Å²) >= 11 is 0. The van der Waals surface area contributed by atoms with Crippen molar-refractivity contribution in [2.75, 3.05) is 38.2 Å². The lowest BCUT2D eigenvalue weighted by atomic mass is 10.1. The van der Waals surface area contributed by atoms with Crippen molar-refractivity contribution < 1.29 is 23.0 Å². The monoisotopic (exact) mass is 440 g/mol. The van der Waals surface area contributed by atoms with Crippen LogP contribution in [-0.2, 0) is 0 Å². The summed E-state index contributed by atoms with van der Waals surface area (Å²) in [5.74, 6) is 0.859. The number of nitrogens with zero attached hydrogens (tertiary/aromatic N) is 4. The predicted molar refractivity (Wildman–Crippen MR) is 115 cm³/mol. The molecule has 166 valence electrons. The number of carbonyl (C=O) groups is 1. The maximum absolute atomic E-state index is 13.1. The number of piperazine rings is 1. The van der Waals surface area contributed by atoms with Crippen LogP contribution in [0.1, 0.15) is 10.4 Å². The second-order valence-electron chi connectivity index (χ2n) is 7.10. The number of carbonyl (C=O) groups excluding carboxylic acids is 1. The van der Waals surface area contributed by atoms with Crippen molar-refractivity contribution in [3.63, 3.8) is 0 Å². The van der Waals surface area contributed by atoms with Crippen LogP contribution in [-0.4, -0.2) is 60.7 Å². The molecule has 1 saturated heterocycles. The number of anilines is 1. The smallest absolute Gasteiger partial charge is 0.387 e. The third-order valence-corrected chi connectivity index (χ3v) is 5.20. The molecule has 1 aromatic heterocycles. The fourth-order valence-electron chi connectivity index (χ4n) is 3.62. The van der Waals surface area contributed by atoms with Gasteiger partial charge in [-0.1, -0.05) is 36.4 Å². The Hall–Kier alpha value is -3.75. The van der Waals surface area contributed by atoms with Gasteiger partial charge in [-0.2, -0.15) is 8.78 Å². The van der Waals surface area contributed by atoms with E-state index in [1.807, 2.05) is 36.4 Å². The van der Waals surface area contributed by atoms with Gasteiger partial charge < -0.3 is 19.3 Å². The zero-order valence-electron chi connectivity index (χ0n) is 17.4. The Morgan fingerprint density at radius 1 is 1.00 bits per heavy atom. The number of halogens is 2. The number of benzene rings is 2. The largest absolute Gasteiger partial charge is 0.493 e. The number of alkyl halides is 2. The first kappa shape index (κ1) is 21.5. The average Bonchev–Trinajstić information content (AvgIpc) is 2.84. The summed E-state index contributed by atoms with van der Waals surface area (Å²) in [5, 5.41) is 0. The molecule has 0 saturated carbocycles. The van der Waals surface area contributed by atoms with E-state index in [9.17, 15) is 13.6 Å². The van der Waals surface area contributed by atoms with Gasteiger partial charge in [-0.25, -0.2) is 9.97 Å². The van der Waals surface area contributed by atoms with Crippen molar-refractivity contribution in [2.24, 2.45) is 0 Å². The second kappa shape index (κ2) is 9.59. The van der Waals surface area contributed by atoms with E-state index in [0.717, 1.165) is 11.4 Å². The zero-order chi connectivity index (χ0) is 22.5. The molecule has 0 N–H and O–H groups in total. The van der Waals surface area contributed by atoms with Crippen LogP contribution in [0.2, 0.25) is 0 Å². The van der Waals surface area contributed by atoms with Gasteiger partial charge in [0.15, 0.2) is 17.3 Å². The molecule has 0 bridgehead atoms. The first-order valence-corrected chi connectivity index (χ1v) is 10.1. The van der Waals surface area contributed by atoms with Crippen molar-refractivity contribution in [2.45, 2.75) is 6.61 Å². The normalized spacial score (nSPS) is 13.9. The van der Waals surface area contributed by atoms with Gasteiger partial charge in [0.2, 0.25) is 0 Å². The van der Waals surface area contributed by atoms with E-state index in [1.54, 1.807) is 17.2 Å². The minimum absolute atomic E-state index is 0.0477. The van der Waals surface area contributed by atoms with E-state index in [-0.39, 0.29) is 23.0 Å². The molecule has 1 amide bonds. The van der Waals surface area contributed by atoms with Crippen LogP contribution < -0.4 is 14.4 Å². The van der Waals surface area contributed by atoms with Gasteiger partial charge in [0, 0.05) is 37.9 Å². The first-order chi connectivity index (χ1) is 15.6.